The van der Waals surface area contributed by atoms with Crippen molar-refractivity contribution in [1.82, 2.24) is 5.32 Å². The molecule has 4 heteroatoms. The van der Waals surface area contributed by atoms with Gasteiger partial charge in [-0.2, -0.15) is 0 Å². The zero-order valence-corrected chi connectivity index (χ0v) is 13.0. The van der Waals surface area contributed by atoms with Crippen molar-refractivity contribution in [3.8, 4) is 11.5 Å². The zero-order valence-electron chi connectivity index (χ0n) is 13.0. The van der Waals surface area contributed by atoms with Crippen molar-refractivity contribution in [3.63, 3.8) is 0 Å². The van der Waals surface area contributed by atoms with Crippen molar-refractivity contribution in [1.29, 1.82) is 0 Å². The molecule has 1 fully saturated rings. The number of hydrogen-bond acceptors (Lipinski definition) is 4. The lowest BCUT2D eigenvalue weighted by Crippen LogP contribution is -2.26. The van der Waals surface area contributed by atoms with Gasteiger partial charge in [-0.15, -0.1) is 0 Å². The number of hydrogen-bond donors (Lipinski definition) is 1. The lowest BCUT2D eigenvalue weighted by molar-refractivity contribution is 0.394. The first-order valence-electron chi connectivity index (χ1n) is 7.31. The van der Waals surface area contributed by atoms with Gasteiger partial charge in [0, 0.05) is 43.0 Å². The average molecular weight is 278 g/mol. The van der Waals surface area contributed by atoms with Crippen molar-refractivity contribution in [2.24, 2.45) is 5.92 Å². The van der Waals surface area contributed by atoms with Crippen LogP contribution in [-0.4, -0.2) is 40.4 Å². The van der Waals surface area contributed by atoms with Gasteiger partial charge in [-0.05, 0) is 32.7 Å². The maximum atomic E-state index is 5.35. The Labute approximate surface area is 122 Å². The second-order valence-electron chi connectivity index (χ2n) is 5.60. The summed E-state index contributed by atoms with van der Waals surface area (Å²) in [5.41, 5.74) is 1.20. The second kappa shape index (κ2) is 6.84. The number of methoxy groups -OCH3 is 2. The van der Waals surface area contributed by atoms with Crippen LogP contribution in [-0.2, 0) is 0 Å². The predicted octanol–water partition coefficient (Wildman–Crippen LogP) is 2.53. The number of benzene rings is 1. The number of ether oxygens (including phenoxy) is 2. The lowest BCUT2D eigenvalue weighted by Gasteiger charge is -2.21. The van der Waals surface area contributed by atoms with E-state index in [0.29, 0.717) is 6.04 Å². The van der Waals surface area contributed by atoms with Crippen molar-refractivity contribution in [2.45, 2.75) is 25.8 Å². The maximum Gasteiger partial charge on any atom is 0.124 e. The Hall–Kier alpha value is -1.42. The molecule has 2 unspecified atom stereocenters. The first-order chi connectivity index (χ1) is 9.66. The number of anilines is 1. The SMILES string of the molecule is CNC(C)CC1CCN(c2cc(OC)cc(OC)c2)C1. The van der Waals surface area contributed by atoms with E-state index in [1.807, 2.05) is 13.1 Å². The third kappa shape index (κ3) is 3.57. The number of nitrogens with zero attached hydrogens (tertiary/aromatic N) is 1. The molecule has 1 heterocycles. The highest BCUT2D eigenvalue weighted by Crippen LogP contribution is 2.32. The molecule has 1 aromatic rings. The van der Waals surface area contributed by atoms with E-state index in [9.17, 15) is 0 Å². The summed E-state index contributed by atoms with van der Waals surface area (Å²) in [5, 5.41) is 3.32. The van der Waals surface area contributed by atoms with Crippen LogP contribution in [0.2, 0.25) is 0 Å². The fourth-order valence-corrected chi connectivity index (χ4v) is 2.85. The van der Waals surface area contributed by atoms with E-state index >= 15 is 0 Å². The summed E-state index contributed by atoms with van der Waals surface area (Å²) in [5.74, 6) is 2.47. The van der Waals surface area contributed by atoms with E-state index < -0.39 is 0 Å². The molecule has 0 amide bonds. The summed E-state index contributed by atoms with van der Waals surface area (Å²) < 4.78 is 10.7. The van der Waals surface area contributed by atoms with Crippen LogP contribution < -0.4 is 19.7 Å². The van der Waals surface area contributed by atoms with Crippen molar-refractivity contribution in [2.75, 3.05) is 39.3 Å². The highest BCUT2D eigenvalue weighted by Gasteiger charge is 2.24. The van der Waals surface area contributed by atoms with Gasteiger partial charge in [0.05, 0.1) is 14.2 Å². The highest BCUT2D eigenvalue weighted by molar-refractivity contribution is 5.56. The minimum absolute atomic E-state index is 0.583. The van der Waals surface area contributed by atoms with E-state index in [4.69, 9.17) is 9.47 Å². The molecular weight excluding hydrogens is 252 g/mol. The zero-order chi connectivity index (χ0) is 14.5. The molecule has 0 aliphatic carbocycles. The molecule has 20 heavy (non-hydrogen) atoms. The van der Waals surface area contributed by atoms with Crippen LogP contribution >= 0.6 is 0 Å². The summed E-state index contributed by atoms with van der Waals surface area (Å²) in [6.07, 6.45) is 2.49. The van der Waals surface area contributed by atoms with E-state index in [1.54, 1.807) is 14.2 Å². The number of nitrogens with one attached hydrogen (secondary N) is 1. The van der Waals surface area contributed by atoms with Crippen LogP contribution in [0.5, 0.6) is 11.5 Å². The van der Waals surface area contributed by atoms with Gasteiger partial charge in [-0.25, -0.2) is 0 Å². The molecule has 0 saturated carbocycles. The summed E-state index contributed by atoms with van der Waals surface area (Å²) in [4.78, 5) is 2.43. The van der Waals surface area contributed by atoms with Gasteiger partial charge < -0.3 is 19.7 Å². The van der Waals surface area contributed by atoms with Crippen LogP contribution in [0.3, 0.4) is 0 Å². The Morgan fingerprint density at radius 1 is 1.25 bits per heavy atom. The molecule has 1 saturated heterocycles. The van der Waals surface area contributed by atoms with Gasteiger partial charge in [-0.3, -0.25) is 0 Å². The topological polar surface area (TPSA) is 33.7 Å². The molecule has 4 nitrogen and oxygen atoms in total. The van der Waals surface area contributed by atoms with Gasteiger partial charge in [0.15, 0.2) is 0 Å². The van der Waals surface area contributed by atoms with E-state index in [-0.39, 0.29) is 0 Å². The third-order valence-electron chi connectivity index (χ3n) is 4.17. The fraction of sp³-hybridized carbons (Fsp3) is 0.625. The van der Waals surface area contributed by atoms with Gasteiger partial charge in [0.1, 0.15) is 11.5 Å². The molecule has 0 spiro atoms. The fourth-order valence-electron chi connectivity index (χ4n) is 2.85. The molecule has 0 bridgehead atoms. The maximum absolute atomic E-state index is 5.35. The number of rotatable bonds is 6. The molecule has 1 N–H and O–H groups in total. The van der Waals surface area contributed by atoms with Crippen LogP contribution in [0, 0.1) is 5.92 Å². The normalized spacial score (nSPS) is 20.0. The molecule has 112 valence electrons. The quantitative estimate of drug-likeness (QED) is 0.867. The summed E-state index contributed by atoms with van der Waals surface area (Å²) >= 11 is 0. The summed E-state index contributed by atoms with van der Waals surface area (Å²) in [7, 11) is 5.42. The van der Waals surface area contributed by atoms with E-state index in [0.717, 1.165) is 30.5 Å². The van der Waals surface area contributed by atoms with Crippen LogP contribution in [0.25, 0.3) is 0 Å². The van der Waals surface area contributed by atoms with Gasteiger partial charge in [0.25, 0.3) is 0 Å². The largest absolute Gasteiger partial charge is 0.497 e. The van der Waals surface area contributed by atoms with E-state index in [1.165, 1.54) is 18.5 Å². The smallest absolute Gasteiger partial charge is 0.124 e. The Bertz CT molecular complexity index is 414. The summed E-state index contributed by atoms with van der Waals surface area (Å²) in [6, 6.07) is 6.68. The molecule has 1 aliphatic heterocycles. The van der Waals surface area contributed by atoms with Crippen molar-refractivity contribution in [3.05, 3.63) is 18.2 Å². The molecule has 0 radical (unpaired) electrons. The van der Waals surface area contributed by atoms with Crippen LogP contribution in [0.4, 0.5) is 5.69 Å². The average Bonchev–Trinajstić information content (AvgIpc) is 2.94. The van der Waals surface area contributed by atoms with Crippen LogP contribution in [0.15, 0.2) is 18.2 Å². The minimum Gasteiger partial charge on any atom is -0.497 e. The predicted molar refractivity (Wildman–Crippen MR) is 83.0 cm³/mol. The Morgan fingerprint density at radius 2 is 1.90 bits per heavy atom. The van der Waals surface area contributed by atoms with Gasteiger partial charge in [0.2, 0.25) is 0 Å². The van der Waals surface area contributed by atoms with Gasteiger partial charge >= 0.3 is 0 Å². The van der Waals surface area contributed by atoms with Gasteiger partial charge in [-0.1, -0.05) is 0 Å². The monoisotopic (exact) mass is 278 g/mol. The molecular formula is C16H26N2O2. The Kier molecular flexibility index (Phi) is 5.12. The summed E-state index contributed by atoms with van der Waals surface area (Å²) in [6.45, 7) is 4.47. The molecule has 0 aromatic heterocycles. The molecule has 1 aromatic carbocycles. The van der Waals surface area contributed by atoms with Crippen LogP contribution in [0.1, 0.15) is 19.8 Å². The first kappa shape index (κ1) is 15.0. The minimum atomic E-state index is 0.583. The van der Waals surface area contributed by atoms with E-state index in [2.05, 4.69) is 29.3 Å². The first-order valence-corrected chi connectivity index (χ1v) is 7.31. The second-order valence-corrected chi connectivity index (χ2v) is 5.60. The third-order valence-corrected chi connectivity index (χ3v) is 4.17. The highest BCUT2D eigenvalue weighted by atomic mass is 16.5. The van der Waals surface area contributed by atoms with Crippen molar-refractivity contribution >= 4 is 5.69 Å². The lowest BCUT2D eigenvalue weighted by atomic mass is 10.0. The Balaban J connectivity index is 2.05. The van der Waals surface area contributed by atoms with Crippen molar-refractivity contribution < 1.29 is 9.47 Å². The molecule has 2 rings (SSSR count). The Morgan fingerprint density at radius 3 is 2.45 bits per heavy atom. The molecule has 1 aliphatic rings. The standard InChI is InChI=1S/C16H26N2O2/c1-12(17-2)7-13-5-6-18(11-13)14-8-15(19-3)10-16(9-14)20-4/h8-10,12-13,17H,5-7,11H2,1-4H3. The molecule has 2 atom stereocenters.